The van der Waals surface area contributed by atoms with Gasteiger partial charge < -0.3 is 0 Å². The summed E-state index contributed by atoms with van der Waals surface area (Å²) in [7, 11) is 0. The molecule has 1 nitrogen and oxygen atoms in total. The highest BCUT2D eigenvalue weighted by atomic mass is 15.2. The van der Waals surface area contributed by atoms with Crippen LogP contribution in [0.3, 0.4) is 0 Å². The second kappa shape index (κ2) is 15.3. The maximum atomic E-state index is 2.60. The van der Waals surface area contributed by atoms with Gasteiger partial charge in [0.1, 0.15) is 0 Å². The van der Waals surface area contributed by atoms with Crippen LogP contribution in [0.25, 0.3) is 0 Å². The molecule has 0 saturated carbocycles. The summed E-state index contributed by atoms with van der Waals surface area (Å²) < 4.78 is 0. The third kappa shape index (κ3) is 10.1. The predicted molar refractivity (Wildman–Crippen MR) is 128 cm³/mol. The second-order valence-electron chi connectivity index (χ2n) is 7.83. The van der Waals surface area contributed by atoms with E-state index in [0.29, 0.717) is 18.0 Å². The molecule has 0 aromatic heterocycles. The van der Waals surface area contributed by atoms with Crippen LogP contribution < -0.4 is 0 Å². The number of benzene rings is 2. The molecule has 0 saturated heterocycles. The molecule has 0 N–H and O–H groups in total. The Morgan fingerprint density at radius 3 is 1.64 bits per heavy atom. The van der Waals surface area contributed by atoms with Gasteiger partial charge in [-0.2, -0.15) is 0 Å². The summed E-state index contributed by atoms with van der Waals surface area (Å²) in [6.07, 6.45) is 2.38. The van der Waals surface area contributed by atoms with Gasteiger partial charge in [0.05, 0.1) is 0 Å². The summed E-state index contributed by atoms with van der Waals surface area (Å²) in [6.45, 7) is 21.2. The molecule has 1 atom stereocenters. The summed E-state index contributed by atoms with van der Waals surface area (Å²) in [4.78, 5) is 2.60. The lowest BCUT2D eigenvalue weighted by molar-refractivity contribution is 0.169. The molecular formula is C27H45N. The van der Waals surface area contributed by atoms with E-state index < -0.39 is 0 Å². The van der Waals surface area contributed by atoms with Gasteiger partial charge in [-0.1, -0.05) is 87.9 Å². The minimum atomic E-state index is 0.630. The van der Waals surface area contributed by atoms with Crippen molar-refractivity contribution < 1.29 is 0 Å². The molecule has 0 heterocycles. The molecule has 158 valence electrons. The highest BCUT2D eigenvalue weighted by Gasteiger charge is 2.16. The van der Waals surface area contributed by atoms with Gasteiger partial charge in [-0.25, -0.2) is 0 Å². The van der Waals surface area contributed by atoms with Crippen molar-refractivity contribution in [2.24, 2.45) is 0 Å². The topological polar surface area (TPSA) is 3.24 Å². The van der Waals surface area contributed by atoms with Gasteiger partial charge in [-0.15, -0.1) is 0 Å². The lowest BCUT2D eigenvalue weighted by Gasteiger charge is -2.31. The first kappa shape index (κ1) is 26.4. The minimum Gasteiger partial charge on any atom is -0.299 e. The SMILES string of the molecule is CC.CCc1ccc(C)cc1C(C)CCN(C(C)C)C(C)C.c1ccccc1. The highest BCUT2D eigenvalue weighted by molar-refractivity contribution is 5.34. The third-order valence-electron chi connectivity index (χ3n) is 5.03. The number of nitrogens with zero attached hydrogens (tertiary/aromatic N) is 1. The van der Waals surface area contributed by atoms with Crippen LogP contribution in [0.2, 0.25) is 0 Å². The zero-order valence-corrected chi connectivity index (χ0v) is 20.0. The Hall–Kier alpha value is -1.60. The van der Waals surface area contributed by atoms with Gasteiger partial charge in [0.15, 0.2) is 0 Å². The predicted octanol–water partition coefficient (Wildman–Crippen LogP) is 7.88. The van der Waals surface area contributed by atoms with Gasteiger partial charge in [0, 0.05) is 12.1 Å². The van der Waals surface area contributed by atoms with Gasteiger partial charge in [0.2, 0.25) is 0 Å². The lowest BCUT2D eigenvalue weighted by Crippen LogP contribution is -2.38. The maximum absolute atomic E-state index is 2.60. The van der Waals surface area contributed by atoms with Crippen molar-refractivity contribution in [2.75, 3.05) is 6.54 Å². The Kier molecular flexibility index (Phi) is 14.5. The molecule has 0 spiro atoms. The number of hydrogen-bond donors (Lipinski definition) is 0. The summed E-state index contributed by atoms with van der Waals surface area (Å²) in [5.41, 5.74) is 4.46. The van der Waals surface area contributed by atoms with Gasteiger partial charge in [0.25, 0.3) is 0 Å². The van der Waals surface area contributed by atoms with Crippen molar-refractivity contribution in [2.45, 2.75) is 93.2 Å². The Morgan fingerprint density at radius 2 is 1.25 bits per heavy atom. The van der Waals surface area contributed by atoms with E-state index in [0.717, 1.165) is 6.42 Å². The second-order valence-corrected chi connectivity index (χ2v) is 7.83. The Bertz CT molecular complexity index is 566. The van der Waals surface area contributed by atoms with Crippen LogP contribution in [-0.2, 0) is 6.42 Å². The fourth-order valence-electron chi connectivity index (χ4n) is 3.49. The standard InChI is InChI=1S/C19H33N.C6H6.C2H6/c1-8-18-10-9-16(6)13-19(18)17(7)11-12-20(14(2)3)15(4)5;1-2-4-6-5-3-1;1-2/h9-10,13-15,17H,8,11-12H2,1-7H3;1-6H;1-2H3. The van der Waals surface area contributed by atoms with Crippen LogP contribution in [0.5, 0.6) is 0 Å². The molecule has 2 aromatic carbocycles. The average molecular weight is 384 g/mol. The van der Waals surface area contributed by atoms with Crippen LogP contribution >= 0.6 is 0 Å². The van der Waals surface area contributed by atoms with E-state index >= 15 is 0 Å². The van der Waals surface area contributed by atoms with Crippen molar-refractivity contribution in [1.29, 1.82) is 0 Å². The van der Waals surface area contributed by atoms with Crippen LogP contribution in [0.4, 0.5) is 0 Å². The van der Waals surface area contributed by atoms with E-state index in [1.807, 2.05) is 50.2 Å². The molecule has 0 amide bonds. The largest absolute Gasteiger partial charge is 0.299 e. The zero-order valence-electron chi connectivity index (χ0n) is 20.0. The molecular weight excluding hydrogens is 338 g/mol. The summed E-state index contributed by atoms with van der Waals surface area (Å²) in [6, 6.07) is 20.2. The Morgan fingerprint density at radius 1 is 0.786 bits per heavy atom. The number of rotatable bonds is 7. The first-order chi connectivity index (χ1) is 13.4. The first-order valence-corrected chi connectivity index (χ1v) is 11.2. The molecule has 0 aliphatic heterocycles. The normalized spacial score (nSPS) is 11.6. The van der Waals surface area contributed by atoms with E-state index in [2.05, 4.69) is 71.6 Å². The van der Waals surface area contributed by atoms with Gasteiger partial charge in [-0.05, 0) is 71.0 Å². The maximum Gasteiger partial charge on any atom is 0.00412 e. The van der Waals surface area contributed by atoms with Crippen molar-refractivity contribution in [3.05, 3.63) is 71.3 Å². The van der Waals surface area contributed by atoms with Crippen LogP contribution in [0, 0.1) is 6.92 Å². The Labute approximate surface area is 176 Å². The smallest absolute Gasteiger partial charge is 0.00412 e. The van der Waals surface area contributed by atoms with Gasteiger partial charge in [-0.3, -0.25) is 4.90 Å². The fourth-order valence-corrected chi connectivity index (χ4v) is 3.49. The minimum absolute atomic E-state index is 0.630. The first-order valence-electron chi connectivity index (χ1n) is 11.2. The van der Waals surface area contributed by atoms with Crippen molar-refractivity contribution in [3.63, 3.8) is 0 Å². The van der Waals surface area contributed by atoms with Crippen molar-refractivity contribution in [1.82, 2.24) is 4.90 Å². The number of hydrogen-bond acceptors (Lipinski definition) is 1. The van der Waals surface area contributed by atoms with Crippen LogP contribution in [0.1, 0.15) is 84.4 Å². The average Bonchev–Trinajstić information content (AvgIpc) is 2.70. The molecule has 1 heteroatoms. The van der Waals surface area contributed by atoms with E-state index in [1.165, 1.54) is 24.1 Å². The van der Waals surface area contributed by atoms with Crippen molar-refractivity contribution >= 4 is 0 Å². The molecule has 2 rings (SSSR count). The summed E-state index contributed by atoms with van der Waals surface area (Å²) in [5, 5.41) is 0. The van der Waals surface area contributed by atoms with E-state index in [4.69, 9.17) is 0 Å². The lowest BCUT2D eigenvalue weighted by atomic mass is 9.90. The van der Waals surface area contributed by atoms with Gasteiger partial charge >= 0.3 is 0 Å². The summed E-state index contributed by atoms with van der Waals surface area (Å²) in [5.74, 6) is 0.643. The van der Waals surface area contributed by atoms with E-state index in [1.54, 1.807) is 5.56 Å². The van der Waals surface area contributed by atoms with E-state index in [9.17, 15) is 0 Å². The third-order valence-corrected chi connectivity index (χ3v) is 5.03. The monoisotopic (exact) mass is 383 g/mol. The molecule has 0 bridgehead atoms. The quantitative estimate of drug-likeness (QED) is 0.470. The molecule has 0 aliphatic carbocycles. The molecule has 0 radical (unpaired) electrons. The zero-order chi connectivity index (χ0) is 21.5. The van der Waals surface area contributed by atoms with Crippen molar-refractivity contribution in [3.8, 4) is 0 Å². The fraction of sp³-hybridized carbons (Fsp3) is 0.556. The Balaban J connectivity index is 0.000000759. The molecule has 1 unspecified atom stereocenters. The molecule has 2 aromatic rings. The molecule has 28 heavy (non-hydrogen) atoms. The molecule has 0 aliphatic rings. The van der Waals surface area contributed by atoms with E-state index in [-0.39, 0.29) is 0 Å². The van der Waals surface area contributed by atoms with Crippen LogP contribution in [-0.4, -0.2) is 23.5 Å². The number of aryl methyl sites for hydroxylation is 2. The molecule has 0 fully saturated rings. The highest BCUT2D eigenvalue weighted by Crippen LogP contribution is 2.25. The van der Waals surface area contributed by atoms with Crippen LogP contribution in [0.15, 0.2) is 54.6 Å². The summed E-state index contributed by atoms with van der Waals surface area (Å²) >= 11 is 0.